The van der Waals surface area contributed by atoms with Gasteiger partial charge >= 0.3 is 6.09 Å². The summed E-state index contributed by atoms with van der Waals surface area (Å²) in [5.41, 5.74) is 4.01. The van der Waals surface area contributed by atoms with Crippen LogP contribution in [0.25, 0.3) is 5.00 Å². The fraction of sp³-hybridized carbons (Fsp3) is 0.467. The molecule has 1 aliphatic carbocycles. The Balaban J connectivity index is 1.13. The lowest BCUT2D eigenvalue weighted by atomic mass is 9.58. The van der Waals surface area contributed by atoms with Gasteiger partial charge in [-0.2, -0.15) is 0 Å². The molecule has 1 saturated heterocycles. The molecular weight excluding hydrogens is 494 g/mol. The van der Waals surface area contributed by atoms with Crippen LogP contribution in [0.3, 0.4) is 0 Å². The number of carbonyl (C=O) groups is 1. The Kier molecular flexibility index (Phi) is 5.95. The Labute approximate surface area is 227 Å². The van der Waals surface area contributed by atoms with Crippen molar-refractivity contribution in [3.8, 4) is 16.8 Å². The first-order chi connectivity index (χ1) is 18.1. The number of amides is 1. The SMILES string of the molecule is CC[C@@H]1N=C(c2ccc(C#CC3CC4(C3)CN(C(=O)OC(C)(C)C)C4)cc2)c2ccsc2-n2c(C)nnc21. The number of fused-ring (bicyclic) bond motifs is 3. The smallest absolute Gasteiger partial charge is 0.410 e. The lowest BCUT2D eigenvalue weighted by molar-refractivity contribution is -0.0832. The van der Waals surface area contributed by atoms with Crippen molar-refractivity contribution in [1.82, 2.24) is 19.7 Å². The second kappa shape index (κ2) is 9.09. The quantitative estimate of drug-likeness (QED) is 0.387. The van der Waals surface area contributed by atoms with Crippen LogP contribution in [0, 0.1) is 30.1 Å². The number of ether oxygens (including phenoxy) is 1. The molecule has 4 heterocycles. The fourth-order valence-corrected chi connectivity index (χ4v) is 6.70. The normalized spacial score (nSPS) is 19.8. The van der Waals surface area contributed by atoms with Crippen molar-refractivity contribution in [3.05, 3.63) is 64.1 Å². The summed E-state index contributed by atoms with van der Waals surface area (Å²) in [7, 11) is 0. The Morgan fingerprint density at radius 3 is 2.58 bits per heavy atom. The molecular formula is C30H33N5O2S. The van der Waals surface area contributed by atoms with Crippen molar-refractivity contribution in [2.75, 3.05) is 13.1 Å². The molecule has 2 aliphatic heterocycles. The molecule has 3 aliphatic rings. The number of aliphatic imine (C=N–C) groups is 1. The summed E-state index contributed by atoms with van der Waals surface area (Å²) in [6.45, 7) is 11.4. The standard InChI is InChI=1S/C30H33N5O2S/c1-6-24-26-33-32-19(2)35(26)27-23(13-14-38-27)25(31-24)22-11-9-20(10-12-22)7-8-21-15-30(16-21)17-34(18-30)28(36)37-29(3,4)5/h9-14,21,24H,6,15-18H2,1-5H3/t24-/m0/s1. The Morgan fingerprint density at radius 1 is 1.16 bits per heavy atom. The van der Waals surface area contributed by atoms with Crippen LogP contribution >= 0.6 is 11.3 Å². The first-order valence-electron chi connectivity index (χ1n) is 13.3. The zero-order valence-corrected chi connectivity index (χ0v) is 23.4. The molecule has 1 atom stereocenters. The summed E-state index contributed by atoms with van der Waals surface area (Å²) < 4.78 is 7.64. The van der Waals surface area contributed by atoms with Crippen LogP contribution in [0.4, 0.5) is 4.79 Å². The molecule has 0 unspecified atom stereocenters. The van der Waals surface area contributed by atoms with E-state index >= 15 is 0 Å². The van der Waals surface area contributed by atoms with Crippen molar-refractivity contribution in [1.29, 1.82) is 0 Å². The molecule has 3 aromatic rings. The molecule has 0 bridgehead atoms. The number of thiophene rings is 1. The third kappa shape index (κ3) is 4.43. The van der Waals surface area contributed by atoms with Crippen molar-refractivity contribution in [2.24, 2.45) is 16.3 Å². The number of hydrogen-bond donors (Lipinski definition) is 0. The van der Waals surface area contributed by atoms with Gasteiger partial charge in [0.1, 0.15) is 22.5 Å². The van der Waals surface area contributed by atoms with Gasteiger partial charge in [0.25, 0.3) is 0 Å². The van der Waals surface area contributed by atoms with E-state index in [4.69, 9.17) is 9.73 Å². The zero-order valence-electron chi connectivity index (χ0n) is 22.6. The highest BCUT2D eigenvalue weighted by Gasteiger charge is 2.54. The van der Waals surface area contributed by atoms with E-state index in [1.807, 2.05) is 32.6 Å². The highest BCUT2D eigenvalue weighted by Crippen LogP contribution is 2.51. The van der Waals surface area contributed by atoms with Gasteiger partial charge in [-0.1, -0.05) is 30.9 Å². The molecule has 1 spiro atoms. The van der Waals surface area contributed by atoms with Crippen LogP contribution in [-0.4, -0.2) is 50.2 Å². The molecule has 1 saturated carbocycles. The average Bonchev–Trinajstić information content (AvgIpc) is 3.40. The Morgan fingerprint density at radius 2 is 1.89 bits per heavy atom. The molecule has 6 rings (SSSR count). The van der Waals surface area contributed by atoms with Gasteiger partial charge in [0.2, 0.25) is 0 Å². The van der Waals surface area contributed by atoms with Gasteiger partial charge in [0, 0.05) is 41.1 Å². The van der Waals surface area contributed by atoms with Crippen molar-refractivity contribution in [3.63, 3.8) is 0 Å². The second-order valence-electron chi connectivity index (χ2n) is 11.8. The number of rotatable bonds is 2. The van der Waals surface area contributed by atoms with Crippen LogP contribution in [-0.2, 0) is 4.74 Å². The maximum absolute atomic E-state index is 12.2. The Hall–Kier alpha value is -3.44. The molecule has 2 aromatic heterocycles. The van der Waals surface area contributed by atoms with Crippen molar-refractivity contribution in [2.45, 2.75) is 65.5 Å². The van der Waals surface area contributed by atoms with E-state index in [1.165, 1.54) is 0 Å². The minimum Gasteiger partial charge on any atom is -0.444 e. The fourth-order valence-electron chi connectivity index (χ4n) is 5.75. The maximum Gasteiger partial charge on any atom is 0.410 e. The number of nitrogens with zero attached hydrogens (tertiary/aromatic N) is 5. The Bertz CT molecular complexity index is 1470. The highest BCUT2D eigenvalue weighted by atomic mass is 32.1. The number of likely N-dealkylation sites (tertiary alicyclic amines) is 1. The molecule has 0 N–H and O–H groups in total. The van der Waals surface area contributed by atoms with E-state index < -0.39 is 5.60 Å². The van der Waals surface area contributed by atoms with Gasteiger partial charge in [-0.15, -0.1) is 21.5 Å². The van der Waals surface area contributed by atoms with Crippen LogP contribution in [0.5, 0.6) is 0 Å². The van der Waals surface area contributed by atoms with Gasteiger partial charge in [-0.25, -0.2) is 4.79 Å². The van der Waals surface area contributed by atoms with Gasteiger partial charge in [-0.05, 0) is 70.5 Å². The monoisotopic (exact) mass is 527 g/mol. The van der Waals surface area contributed by atoms with Gasteiger partial charge in [0.15, 0.2) is 5.82 Å². The summed E-state index contributed by atoms with van der Waals surface area (Å²) >= 11 is 1.70. The van der Waals surface area contributed by atoms with Gasteiger partial charge in [-0.3, -0.25) is 9.56 Å². The lowest BCUT2D eigenvalue weighted by Crippen LogP contribution is -2.64. The number of benzene rings is 1. The van der Waals surface area contributed by atoms with Crippen LogP contribution < -0.4 is 0 Å². The first-order valence-corrected chi connectivity index (χ1v) is 14.2. The van der Waals surface area contributed by atoms with E-state index in [9.17, 15) is 4.79 Å². The molecule has 1 amide bonds. The van der Waals surface area contributed by atoms with E-state index in [0.29, 0.717) is 5.92 Å². The molecule has 196 valence electrons. The van der Waals surface area contributed by atoms with Gasteiger partial charge < -0.3 is 9.64 Å². The predicted octanol–water partition coefficient (Wildman–Crippen LogP) is 5.94. The summed E-state index contributed by atoms with van der Waals surface area (Å²) in [6, 6.07) is 10.6. The van der Waals surface area contributed by atoms with Crippen LogP contribution in [0.2, 0.25) is 0 Å². The average molecular weight is 528 g/mol. The third-order valence-electron chi connectivity index (χ3n) is 7.56. The maximum atomic E-state index is 12.2. The summed E-state index contributed by atoms with van der Waals surface area (Å²) in [5, 5.41) is 12.0. The molecule has 8 heteroatoms. The number of hydrogen-bond acceptors (Lipinski definition) is 6. The van der Waals surface area contributed by atoms with Crippen molar-refractivity contribution < 1.29 is 9.53 Å². The van der Waals surface area contributed by atoms with Gasteiger partial charge in [0.05, 0.1) is 5.71 Å². The second-order valence-corrected chi connectivity index (χ2v) is 12.7. The zero-order chi connectivity index (χ0) is 26.7. The largest absolute Gasteiger partial charge is 0.444 e. The molecule has 1 aromatic carbocycles. The predicted molar refractivity (Wildman–Crippen MR) is 149 cm³/mol. The van der Waals surface area contributed by atoms with E-state index in [1.54, 1.807) is 11.3 Å². The minimum atomic E-state index is -0.449. The number of aryl methyl sites for hydroxylation is 1. The van der Waals surface area contributed by atoms with Crippen LogP contribution in [0.1, 0.15) is 81.3 Å². The molecule has 38 heavy (non-hydrogen) atoms. The summed E-state index contributed by atoms with van der Waals surface area (Å²) in [5.74, 6) is 9.02. The van der Waals surface area contributed by atoms with E-state index in [2.05, 4.69) is 69.2 Å². The van der Waals surface area contributed by atoms with Crippen LogP contribution in [0.15, 0.2) is 40.7 Å². The minimum absolute atomic E-state index is 0.0334. The van der Waals surface area contributed by atoms with Crippen molar-refractivity contribution >= 4 is 23.1 Å². The highest BCUT2D eigenvalue weighted by molar-refractivity contribution is 7.13. The molecule has 7 nitrogen and oxygen atoms in total. The lowest BCUT2D eigenvalue weighted by Gasteiger charge is -2.57. The summed E-state index contributed by atoms with van der Waals surface area (Å²) in [4.78, 5) is 19.2. The number of aromatic nitrogens is 3. The van der Waals surface area contributed by atoms with E-state index in [0.717, 1.165) is 71.4 Å². The first kappa shape index (κ1) is 24.9. The van der Waals surface area contributed by atoms with E-state index in [-0.39, 0.29) is 17.6 Å². The topological polar surface area (TPSA) is 72.6 Å². The summed E-state index contributed by atoms with van der Waals surface area (Å²) in [6.07, 6.45) is 2.76. The molecule has 0 radical (unpaired) electrons. The molecule has 2 fully saturated rings. The third-order valence-corrected chi connectivity index (χ3v) is 8.46. The number of carbonyl (C=O) groups excluding carboxylic acids is 1.